The molecule has 5 heteroatoms. The Hall–Kier alpha value is -0.940. The Morgan fingerprint density at radius 1 is 1.38 bits per heavy atom. The van der Waals surface area contributed by atoms with Crippen LogP contribution in [0.2, 0.25) is 0 Å². The van der Waals surface area contributed by atoms with E-state index in [9.17, 15) is 5.11 Å². The van der Waals surface area contributed by atoms with Gasteiger partial charge in [-0.15, -0.1) is 0 Å². The van der Waals surface area contributed by atoms with E-state index in [2.05, 4.69) is 22.3 Å². The van der Waals surface area contributed by atoms with Crippen LogP contribution in [0.25, 0.3) is 0 Å². The second-order valence-electron chi connectivity index (χ2n) is 4.28. The molecule has 16 heavy (non-hydrogen) atoms. The van der Waals surface area contributed by atoms with Crippen molar-refractivity contribution in [3.05, 3.63) is 11.6 Å². The zero-order valence-electron chi connectivity index (χ0n) is 10.6. The van der Waals surface area contributed by atoms with E-state index in [0.29, 0.717) is 6.54 Å². The Morgan fingerprint density at radius 2 is 2.06 bits per heavy atom. The lowest BCUT2D eigenvalue weighted by Gasteiger charge is -2.26. The average molecular weight is 226 g/mol. The van der Waals surface area contributed by atoms with Gasteiger partial charge in [-0.2, -0.15) is 5.10 Å². The lowest BCUT2D eigenvalue weighted by molar-refractivity contribution is 0.160. The van der Waals surface area contributed by atoms with Gasteiger partial charge >= 0.3 is 0 Å². The Labute approximate surface area is 96.9 Å². The van der Waals surface area contributed by atoms with Gasteiger partial charge in [0.05, 0.1) is 18.7 Å². The van der Waals surface area contributed by atoms with Gasteiger partial charge in [0.25, 0.3) is 0 Å². The van der Waals surface area contributed by atoms with Crippen LogP contribution in [0.3, 0.4) is 0 Å². The third-order valence-electron chi connectivity index (χ3n) is 2.88. The molecule has 0 radical (unpaired) electrons. The molecule has 0 bridgehead atoms. The summed E-state index contributed by atoms with van der Waals surface area (Å²) in [6.07, 6.45) is 1.70. The zero-order chi connectivity index (χ0) is 12.2. The number of hydrogen-bond acceptors (Lipinski definition) is 4. The predicted molar refractivity (Wildman–Crippen MR) is 63.3 cm³/mol. The Morgan fingerprint density at radius 3 is 2.50 bits per heavy atom. The second-order valence-corrected chi connectivity index (χ2v) is 4.28. The van der Waals surface area contributed by atoms with E-state index >= 15 is 0 Å². The summed E-state index contributed by atoms with van der Waals surface area (Å²) in [6.45, 7) is 6.79. The quantitative estimate of drug-likeness (QED) is 0.736. The Bertz CT molecular complexity index is 331. The maximum atomic E-state index is 9.35. The summed E-state index contributed by atoms with van der Waals surface area (Å²) in [5.41, 5.74) is -0.345. The normalized spacial score (nSPS) is 15.1. The van der Waals surface area contributed by atoms with E-state index in [-0.39, 0.29) is 12.1 Å². The number of likely N-dealkylation sites (N-methyl/N-ethyl adjacent to an activating group) is 1. The molecule has 1 aromatic heterocycles. The maximum absolute atomic E-state index is 9.35. The minimum atomic E-state index is -0.345. The summed E-state index contributed by atoms with van der Waals surface area (Å²) in [5.74, 6) is 1.85. The van der Waals surface area contributed by atoms with Gasteiger partial charge in [-0.1, -0.05) is 13.8 Å². The smallest absolute Gasteiger partial charge is 0.150 e. The van der Waals surface area contributed by atoms with E-state index in [0.717, 1.165) is 24.5 Å². The van der Waals surface area contributed by atoms with Crippen molar-refractivity contribution in [1.29, 1.82) is 0 Å². The summed E-state index contributed by atoms with van der Waals surface area (Å²) < 4.78 is 1.89. The standard InChI is InChI=1S/C11H22N4O/c1-5-9-13-10(6-2)15(14-9)7-11(3,8-16)12-4/h12,16H,5-8H2,1-4H3. The molecule has 0 saturated carbocycles. The molecule has 0 aliphatic rings. The highest BCUT2D eigenvalue weighted by molar-refractivity contribution is 4.95. The summed E-state index contributed by atoms with van der Waals surface area (Å²) >= 11 is 0. The van der Waals surface area contributed by atoms with Crippen LogP contribution < -0.4 is 5.32 Å². The van der Waals surface area contributed by atoms with Crippen LogP contribution >= 0.6 is 0 Å². The van der Waals surface area contributed by atoms with E-state index in [1.807, 2.05) is 25.6 Å². The fraction of sp³-hybridized carbons (Fsp3) is 0.818. The molecule has 0 aliphatic heterocycles. The maximum Gasteiger partial charge on any atom is 0.150 e. The van der Waals surface area contributed by atoms with Gasteiger partial charge in [0, 0.05) is 12.8 Å². The van der Waals surface area contributed by atoms with Gasteiger partial charge in [0.15, 0.2) is 5.82 Å². The summed E-state index contributed by atoms with van der Waals surface area (Å²) in [7, 11) is 1.85. The fourth-order valence-electron chi connectivity index (χ4n) is 1.50. The van der Waals surface area contributed by atoms with Crippen LogP contribution in [0.4, 0.5) is 0 Å². The Kier molecular flexibility index (Phi) is 4.44. The number of aryl methyl sites for hydroxylation is 2. The predicted octanol–water partition coefficient (Wildman–Crippen LogP) is 0.373. The molecule has 0 fully saturated rings. The van der Waals surface area contributed by atoms with Crippen molar-refractivity contribution in [2.75, 3.05) is 13.7 Å². The first kappa shape index (κ1) is 13.1. The third kappa shape index (κ3) is 2.80. The van der Waals surface area contributed by atoms with Gasteiger partial charge in [0.2, 0.25) is 0 Å². The topological polar surface area (TPSA) is 63.0 Å². The first-order valence-electron chi connectivity index (χ1n) is 5.81. The van der Waals surface area contributed by atoms with Crippen LogP contribution in [0.5, 0.6) is 0 Å². The number of nitrogens with zero attached hydrogens (tertiary/aromatic N) is 3. The number of aliphatic hydroxyl groups excluding tert-OH is 1. The fourth-order valence-corrected chi connectivity index (χ4v) is 1.50. The molecule has 2 N–H and O–H groups in total. The minimum absolute atomic E-state index is 0.0774. The lowest BCUT2D eigenvalue weighted by Crippen LogP contribution is -2.47. The van der Waals surface area contributed by atoms with Gasteiger partial charge in [-0.05, 0) is 14.0 Å². The first-order chi connectivity index (χ1) is 7.58. The van der Waals surface area contributed by atoms with Crippen LogP contribution in [0.1, 0.15) is 32.4 Å². The van der Waals surface area contributed by atoms with Crippen LogP contribution in [-0.4, -0.2) is 39.1 Å². The SMILES string of the molecule is CCc1nc(CC)n(CC(C)(CO)NC)n1. The van der Waals surface area contributed by atoms with Gasteiger partial charge in [-0.25, -0.2) is 9.67 Å². The third-order valence-corrected chi connectivity index (χ3v) is 2.88. The largest absolute Gasteiger partial charge is 0.394 e. The van der Waals surface area contributed by atoms with Crippen molar-refractivity contribution >= 4 is 0 Å². The van der Waals surface area contributed by atoms with Crippen molar-refractivity contribution in [2.45, 2.75) is 45.7 Å². The van der Waals surface area contributed by atoms with Crippen LogP contribution in [-0.2, 0) is 19.4 Å². The molecule has 1 aromatic rings. The number of hydrogen-bond donors (Lipinski definition) is 2. The van der Waals surface area contributed by atoms with Gasteiger partial charge in [0.1, 0.15) is 5.82 Å². The summed E-state index contributed by atoms with van der Waals surface area (Å²) in [4.78, 5) is 4.44. The lowest BCUT2D eigenvalue weighted by atomic mass is 10.0. The molecule has 0 saturated heterocycles. The molecule has 0 aromatic carbocycles. The van der Waals surface area contributed by atoms with E-state index in [1.54, 1.807) is 0 Å². The van der Waals surface area contributed by atoms with Crippen molar-refractivity contribution in [2.24, 2.45) is 0 Å². The molecule has 1 rings (SSSR count). The highest BCUT2D eigenvalue weighted by Crippen LogP contribution is 2.09. The molecule has 92 valence electrons. The van der Waals surface area contributed by atoms with Gasteiger partial charge in [-0.3, -0.25) is 0 Å². The highest BCUT2D eigenvalue weighted by Gasteiger charge is 2.23. The van der Waals surface area contributed by atoms with E-state index in [1.165, 1.54) is 0 Å². The number of nitrogens with one attached hydrogen (secondary N) is 1. The summed E-state index contributed by atoms with van der Waals surface area (Å²) in [6, 6.07) is 0. The van der Waals surface area contributed by atoms with E-state index < -0.39 is 0 Å². The van der Waals surface area contributed by atoms with Crippen molar-refractivity contribution in [3.63, 3.8) is 0 Å². The summed E-state index contributed by atoms with van der Waals surface area (Å²) in [5, 5.41) is 16.9. The molecule has 0 spiro atoms. The molecule has 0 amide bonds. The number of rotatable bonds is 6. The molecule has 1 heterocycles. The zero-order valence-corrected chi connectivity index (χ0v) is 10.6. The number of aliphatic hydroxyl groups is 1. The van der Waals surface area contributed by atoms with Crippen molar-refractivity contribution < 1.29 is 5.11 Å². The molecule has 0 aliphatic carbocycles. The molecule has 1 atom stereocenters. The van der Waals surface area contributed by atoms with Crippen LogP contribution in [0.15, 0.2) is 0 Å². The highest BCUT2D eigenvalue weighted by atomic mass is 16.3. The minimum Gasteiger partial charge on any atom is -0.394 e. The number of aromatic nitrogens is 3. The Balaban J connectivity index is 2.90. The van der Waals surface area contributed by atoms with Crippen molar-refractivity contribution in [3.8, 4) is 0 Å². The van der Waals surface area contributed by atoms with E-state index in [4.69, 9.17) is 0 Å². The average Bonchev–Trinajstić information content (AvgIpc) is 2.71. The first-order valence-corrected chi connectivity index (χ1v) is 5.81. The van der Waals surface area contributed by atoms with Crippen molar-refractivity contribution in [1.82, 2.24) is 20.1 Å². The molecular weight excluding hydrogens is 204 g/mol. The van der Waals surface area contributed by atoms with Gasteiger partial charge < -0.3 is 10.4 Å². The molecular formula is C11H22N4O. The monoisotopic (exact) mass is 226 g/mol. The molecule has 1 unspecified atom stereocenters. The van der Waals surface area contributed by atoms with Crippen LogP contribution in [0, 0.1) is 0 Å². The second kappa shape index (κ2) is 5.41. The molecule has 5 nitrogen and oxygen atoms in total.